The molecule has 1 N–H and O–H groups in total. The average molecular weight is 299 g/mol. The summed E-state index contributed by atoms with van der Waals surface area (Å²) >= 11 is 12.8. The quantitative estimate of drug-likeness (QED) is 0.911. The van der Waals surface area contributed by atoms with E-state index in [1.54, 1.807) is 0 Å². The van der Waals surface area contributed by atoms with Gasteiger partial charge in [-0.1, -0.05) is 42.1 Å². The minimum absolute atomic E-state index is 0.385. The van der Waals surface area contributed by atoms with Gasteiger partial charge in [-0.3, -0.25) is 4.90 Å². The molecule has 2 aliphatic rings. The molecule has 3 rings (SSSR count). The van der Waals surface area contributed by atoms with Gasteiger partial charge in [0.05, 0.1) is 0 Å². The highest BCUT2D eigenvalue weighted by molar-refractivity contribution is 6.36. The molecular weight excluding hydrogens is 279 g/mol. The molecule has 104 valence electrons. The second-order valence-electron chi connectivity index (χ2n) is 5.62. The van der Waals surface area contributed by atoms with Crippen LogP contribution >= 0.6 is 23.2 Å². The molecule has 1 aliphatic carbocycles. The Kier molecular flexibility index (Phi) is 4.33. The van der Waals surface area contributed by atoms with E-state index in [0.717, 1.165) is 47.7 Å². The fourth-order valence-electron chi connectivity index (χ4n) is 2.94. The van der Waals surface area contributed by atoms with Crippen LogP contribution in [0.15, 0.2) is 18.2 Å². The number of benzene rings is 1. The van der Waals surface area contributed by atoms with Crippen LogP contribution < -0.4 is 5.32 Å². The first-order chi connectivity index (χ1) is 9.25. The van der Waals surface area contributed by atoms with Crippen LogP contribution in [0.5, 0.6) is 0 Å². The minimum Gasteiger partial charge on any atom is -0.314 e. The molecule has 0 aromatic heterocycles. The van der Waals surface area contributed by atoms with Gasteiger partial charge in [0.25, 0.3) is 0 Å². The molecule has 1 aromatic carbocycles. The molecule has 0 bridgehead atoms. The molecule has 2 fully saturated rings. The summed E-state index contributed by atoms with van der Waals surface area (Å²) in [5.41, 5.74) is 1.14. The van der Waals surface area contributed by atoms with Crippen LogP contribution in [0, 0.1) is 5.92 Å². The Hall–Kier alpha value is -0.280. The Labute approximate surface area is 125 Å². The highest BCUT2D eigenvalue weighted by Crippen LogP contribution is 2.43. The molecule has 0 spiro atoms. The fourth-order valence-corrected chi connectivity index (χ4v) is 3.59. The summed E-state index contributed by atoms with van der Waals surface area (Å²) < 4.78 is 0. The molecule has 1 aliphatic heterocycles. The molecule has 1 saturated heterocycles. The number of hydrogen-bond donors (Lipinski definition) is 1. The van der Waals surface area contributed by atoms with Crippen molar-refractivity contribution in [2.45, 2.75) is 25.3 Å². The Morgan fingerprint density at radius 2 is 1.79 bits per heavy atom. The predicted octanol–water partition coefficient (Wildman–Crippen LogP) is 3.74. The first-order valence-electron chi connectivity index (χ1n) is 7.14. The molecule has 1 atom stereocenters. The zero-order valence-corrected chi connectivity index (χ0v) is 12.6. The average Bonchev–Trinajstić information content (AvgIpc) is 3.22. The normalized spacial score (nSPS) is 22.4. The number of hydrogen-bond acceptors (Lipinski definition) is 2. The highest BCUT2D eigenvalue weighted by Gasteiger charge is 2.32. The smallest absolute Gasteiger partial charge is 0.0468 e. The third kappa shape index (κ3) is 3.25. The van der Waals surface area contributed by atoms with Crippen molar-refractivity contribution in [3.05, 3.63) is 33.8 Å². The zero-order chi connectivity index (χ0) is 13.2. The summed E-state index contributed by atoms with van der Waals surface area (Å²) in [6.07, 6.45) is 3.93. The van der Waals surface area contributed by atoms with Crippen LogP contribution in [0.4, 0.5) is 0 Å². The molecular formula is C15H20Cl2N2. The maximum Gasteiger partial charge on any atom is 0.0468 e. The van der Waals surface area contributed by atoms with Crippen LogP contribution in [-0.4, -0.2) is 31.1 Å². The van der Waals surface area contributed by atoms with Crippen molar-refractivity contribution in [2.24, 2.45) is 5.92 Å². The zero-order valence-electron chi connectivity index (χ0n) is 11.0. The number of nitrogens with one attached hydrogen (secondary N) is 1. The van der Waals surface area contributed by atoms with Gasteiger partial charge in [0.2, 0.25) is 0 Å². The summed E-state index contributed by atoms with van der Waals surface area (Å²) in [4.78, 5) is 2.54. The van der Waals surface area contributed by atoms with E-state index >= 15 is 0 Å². The van der Waals surface area contributed by atoms with E-state index in [1.165, 1.54) is 19.3 Å². The van der Waals surface area contributed by atoms with Crippen LogP contribution in [0.1, 0.15) is 30.9 Å². The molecule has 1 aromatic rings. The molecule has 0 unspecified atom stereocenters. The topological polar surface area (TPSA) is 15.3 Å². The van der Waals surface area contributed by atoms with Gasteiger partial charge in [0.15, 0.2) is 0 Å². The van der Waals surface area contributed by atoms with Gasteiger partial charge >= 0.3 is 0 Å². The molecule has 19 heavy (non-hydrogen) atoms. The van der Waals surface area contributed by atoms with Crippen molar-refractivity contribution >= 4 is 23.2 Å². The molecule has 4 heteroatoms. The van der Waals surface area contributed by atoms with Gasteiger partial charge in [-0.15, -0.1) is 0 Å². The van der Waals surface area contributed by atoms with Gasteiger partial charge in [-0.05, 0) is 24.5 Å². The molecule has 0 amide bonds. The molecule has 0 radical (unpaired) electrons. The van der Waals surface area contributed by atoms with Crippen molar-refractivity contribution in [3.8, 4) is 0 Å². The van der Waals surface area contributed by atoms with Gasteiger partial charge in [0, 0.05) is 47.8 Å². The van der Waals surface area contributed by atoms with Crippen LogP contribution in [0.25, 0.3) is 0 Å². The van der Waals surface area contributed by atoms with E-state index < -0.39 is 0 Å². The minimum atomic E-state index is 0.385. The number of piperazine rings is 1. The monoisotopic (exact) mass is 298 g/mol. The first-order valence-corrected chi connectivity index (χ1v) is 7.90. The molecule has 2 nitrogen and oxygen atoms in total. The summed E-state index contributed by atoms with van der Waals surface area (Å²) in [6.45, 7) is 4.28. The van der Waals surface area contributed by atoms with Crippen molar-refractivity contribution < 1.29 is 0 Å². The standard InChI is InChI=1S/C15H20Cl2N2/c16-12-2-1-3-13(17)15(12)14(10-11-4-5-11)19-8-6-18-7-9-19/h1-3,11,14,18H,4-10H2/t14-/m1/s1. The first kappa shape index (κ1) is 13.7. The van der Waals surface area contributed by atoms with Crippen molar-refractivity contribution in [3.63, 3.8) is 0 Å². The predicted molar refractivity (Wildman–Crippen MR) is 81.0 cm³/mol. The highest BCUT2D eigenvalue weighted by atomic mass is 35.5. The maximum absolute atomic E-state index is 6.42. The van der Waals surface area contributed by atoms with E-state index in [1.807, 2.05) is 18.2 Å². The second-order valence-corrected chi connectivity index (χ2v) is 6.43. The lowest BCUT2D eigenvalue weighted by atomic mass is 9.98. The lowest BCUT2D eigenvalue weighted by Crippen LogP contribution is -2.45. The Morgan fingerprint density at radius 3 is 2.37 bits per heavy atom. The van der Waals surface area contributed by atoms with Crippen LogP contribution in [0.2, 0.25) is 10.0 Å². The number of rotatable bonds is 4. The van der Waals surface area contributed by atoms with Gasteiger partial charge < -0.3 is 5.32 Å². The summed E-state index contributed by atoms with van der Waals surface area (Å²) in [5.74, 6) is 0.868. The fraction of sp³-hybridized carbons (Fsp3) is 0.600. The van der Waals surface area contributed by atoms with Gasteiger partial charge in [-0.25, -0.2) is 0 Å². The Bertz CT molecular complexity index is 420. The van der Waals surface area contributed by atoms with Gasteiger partial charge in [0.1, 0.15) is 0 Å². The summed E-state index contributed by atoms with van der Waals surface area (Å²) in [7, 11) is 0. The Balaban J connectivity index is 1.88. The summed E-state index contributed by atoms with van der Waals surface area (Å²) in [6, 6.07) is 6.24. The third-order valence-corrected chi connectivity index (χ3v) is 4.84. The summed E-state index contributed by atoms with van der Waals surface area (Å²) in [5, 5.41) is 5.04. The van der Waals surface area contributed by atoms with E-state index in [2.05, 4.69) is 10.2 Å². The van der Waals surface area contributed by atoms with Crippen LogP contribution in [0.3, 0.4) is 0 Å². The third-order valence-electron chi connectivity index (χ3n) is 4.18. The number of nitrogens with zero attached hydrogens (tertiary/aromatic N) is 1. The largest absolute Gasteiger partial charge is 0.314 e. The van der Waals surface area contributed by atoms with Crippen molar-refractivity contribution in [1.29, 1.82) is 0 Å². The SMILES string of the molecule is Clc1cccc(Cl)c1[C@@H](CC1CC1)N1CCNCC1. The van der Waals surface area contributed by atoms with E-state index in [9.17, 15) is 0 Å². The van der Waals surface area contributed by atoms with E-state index in [-0.39, 0.29) is 0 Å². The van der Waals surface area contributed by atoms with Crippen molar-refractivity contribution in [1.82, 2.24) is 10.2 Å². The van der Waals surface area contributed by atoms with Crippen LogP contribution in [-0.2, 0) is 0 Å². The lowest BCUT2D eigenvalue weighted by molar-refractivity contribution is 0.160. The lowest BCUT2D eigenvalue weighted by Gasteiger charge is -2.36. The second kappa shape index (κ2) is 6.01. The molecule has 1 heterocycles. The van der Waals surface area contributed by atoms with Crippen molar-refractivity contribution in [2.75, 3.05) is 26.2 Å². The van der Waals surface area contributed by atoms with Gasteiger partial charge in [-0.2, -0.15) is 0 Å². The maximum atomic E-state index is 6.42. The van der Waals surface area contributed by atoms with E-state index in [0.29, 0.717) is 6.04 Å². The Morgan fingerprint density at radius 1 is 1.16 bits per heavy atom. The number of halogens is 2. The van der Waals surface area contributed by atoms with E-state index in [4.69, 9.17) is 23.2 Å². The molecule has 1 saturated carbocycles.